The minimum atomic E-state index is -0.0421. The molecular weight excluding hydrogens is 368 g/mol. The van der Waals surface area contributed by atoms with Crippen LogP contribution in [0, 0.1) is 5.92 Å². The summed E-state index contributed by atoms with van der Waals surface area (Å²) >= 11 is 1.86. The molecule has 1 saturated heterocycles. The van der Waals surface area contributed by atoms with Crippen molar-refractivity contribution in [1.29, 1.82) is 0 Å². The summed E-state index contributed by atoms with van der Waals surface area (Å²) in [6, 6.07) is 9.22. The van der Waals surface area contributed by atoms with Crippen LogP contribution in [0.2, 0.25) is 0 Å². The Bertz CT molecular complexity index is 776. The Kier molecular flexibility index (Phi) is 6.37. The standard InChI is InChI=1S/C22H32N4OS/c1-23-22(27)24-19-7-5-17(6-8-19)9-11-25-12-14-26(15-13-25)20-4-2-3-18-10-16-28-21(18)20/h2-4,10,16-17,19H,5-9,11-15H2,1H3,(H2,23,24,27)/t17-,19-. The van der Waals surface area contributed by atoms with Crippen molar-refractivity contribution in [1.82, 2.24) is 15.5 Å². The number of benzene rings is 1. The number of fused-ring (bicyclic) bond motifs is 1. The molecule has 1 aliphatic carbocycles. The van der Waals surface area contributed by atoms with Crippen molar-refractivity contribution in [2.24, 2.45) is 5.92 Å². The first kappa shape index (κ1) is 19.5. The van der Waals surface area contributed by atoms with E-state index in [1.54, 1.807) is 7.05 Å². The number of nitrogens with zero attached hydrogens (tertiary/aromatic N) is 2. The SMILES string of the molecule is CNC(=O)N[C@H]1CC[C@H](CCN2CCN(c3cccc4ccsc34)CC2)CC1. The zero-order valence-corrected chi connectivity index (χ0v) is 17.6. The van der Waals surface area contributed by atoms with E-state index in [4.69, 9.17) is 0 Å². The molecule has 1 aliphatic heterocycles. The molecular formula is C22H32N4OS. The smallest absolute Gasteiger partial charge is 0.314 e. The minimum Gasteiger partial charge on any atom is -0.368 e. The molecule has 2 heterocycles. The van der Waals surface area contributed by atoms with Crippen molar-refractivity contribution < 1.29 is 4.79 Å². The number of piperazine rings is 1. The number of carbonyl (C=O) groups is 1. The van der Waals surface area contributed by atoms with Crippen LogP contribution < -0.4 is 15.5 Å². The van der Waals surface area contributed by atoms with Crippen LogP contribution in [0.5, 0.6) is 0 Å². The van der Waals surface area contributed by atoms with Crippen molar-refractivity contribution in [3.05, 3.63) is 29.6 Å². The van der Waals surface area contributed by atoms with Crippen LogP contribution in [0.3, 0.4) is 0 Å². The van der Waals surface area contributed by atoms with Gasteiger partial charge >= 0.3 is 6.03 Å². The lowest BCUT2D eigenvalue weighted by Gasteiger charge is -2.37. The molecule has 4 rings (SSSR count). The molecule has 1 saturated carbocycles. The van der Waals surface area contributed by atoms with Crippen LogP contribution in [-0.2, 0) is 0 Å². The van der Waals surface area contributed by atoms with Crippen LogP contribution >= 0.6 is 11.3 Å². The number of hydrogen-bond acceptors (Lipinski definition) is 4. The zero-order chi connectivity index (χ0) is 19.3. The molecule has 6 heteroatoms. The van der Waals surface area contributed by atoms with Crippen LogP contribution in [-0.4, -0.2) is 56.7 Å². The van der Waals surface area contributed by atoms with E-state index in [1.807, 2.05) is 11.3 Å². The predicted molar refractivity (Wildman–Crippen MR) is 118 cm³/mol. The summed E-state index contributed by atoms with van der Waals surface area (Å²) < 4.78 is 1.43. The Balaban J connectivity index is 1.19. The minimum absolute atomic E-state index is 0.0421. The number of amides is 2. The Hall–Kier alpha value is -1.79. The fourth-order valence-electron chi connectivity index (χ4n) is 4.66. The number of nitrogens with one attached hydrogen (secondary N) is 2. The maximum atomic E-state index is 11.4. The largest absolute Gasteiger partial charge is 0.368 e. The summed E-state index contributed by atoms with van der Waals surface area (Å²) in [5.41, 5.74) is 1.41. The van der Waals surface area contributed by atoms with Gasteiger partial charge in [-0.2, -0.15) is 0 Å². The normalized spacial score (nSPS) is 23.7. The summed E-state index contributed by atoms with van der Waals surface area (Å²) in [6.07, 6.45) is 6.03. The molecule has 28 heavy (non-hydrogen) atoms. The molecule has 152 valence electrons. The molecule has 2 fully saturated rings. The first-order valence-corrected chi connectivity index (χ1v) is 11.5. The van der Waals surface area contributed by atoms with Gasteiger partial charge in [0.1, 0.15) is 0 Å². The highest BCUT2D eigenvalue weighted by Crippen LogP contribution is 2.32. The third kappa shape index (κ3) is 4.61. The lowest BCUT2D eigenvalue weighted by Crippen LogP contribution is -2.47. The second-order valence-corrected chi connectivity index (χ2v) is 9.09. The average Bonchev–Trinajstić information content (AvgIpc) is 3.22. The Morgan fingerprint density at radius 2 is 1.89 bits per heavy atom. The van der Waals surface area contributed by atoms with E-state index >= 15 is 0 Å². The van der Waals surface area contributed by atoms with Crippen LogP contribution in [0.25, 0.3) is 10.1 Å². The maximum Gasteiger partial charge on any atom is 0.314 e. The number of carbonyl (C=O) groups excluding carboxylic acids is 1. The molecule has 2 N–H and O–H groups in total. The van der Waals surface area contributed by atoms with E-state index in [2.05, 4.69) is 50.1 Å². The molecule has 2 amide bonds. The number of rotatable bonds is 5. The monoisotopic (exact) mass is 400 g/mol. The zero-order valence-electron chi connectivity index (χ0n) is 16.8. The van der Waals surface area contributed by atoms with Gasteiger partial charge in [-0.3, -0.25) is 4.90 Å². The van der Waals surface area contributed by atoms with Gasteiger partial charge < -0.3 is 15.5 Å². The summed E-state index contributed by atoms with van der Waals surface area (Å²) in [4.78, 5) is 16.6. The summed E-state index contributed by atoms with van der Waals surface area (Å²) in [7, 11) is 1.68. The van der Waals surface area contributed by atoms with Crippen molar-refractivity contribution >= 4 is 33.1 Å². The summed E-state index contributed by atoms with van der Waals surface area (Å²) in [5, 5.41) is 9.28. The molecule has 0 bridgehead atoms. The molecule has 1 aromatic carbocycles. The second kappa shape index (κ2) is 9.14. The fraction of sp³-hybridized carbons (Fsp3) is 0.591. The van der Waals surface area contributed by atoms with E-state index in [0.717, 1.165) is 44.9 Å². The van der Waals surface area contributed by atoms with Gasteiger partial charge in [-0.25, -0.2) is 4.79 Å². The van der Waals surface area contributed by atoms with Crippen molar-refractivity contribution in [2.75, 3.05) is 44.7 Å². The lowest BCUT2D eigenvalue weighted by atomic mass is 9.84. The summed E-state index contributed by atoms with van der Waals surface area (Å²) in [6.45, 7) is 5.79. The van der Waals surface area contributed by atoms with Gasteiger partial charge in [0.15, 0.2) is 0 Å². The van der Waals surface area contributed by atoms with Crippen LogP contribution in [0.1, 0.15) is 32.1 Å². The number of hydrogen-bond donors (Lipinski definition) is 2. The molecule has 0 unspecified atom stereocenters. The fourth-order valence-corrected chi connectivity index (χ4v) is 5.60. The molecule has 1 aromatic heterocycles. The number of thiophene rings is 1. The van der Waals surface area contributed by atoms with E-state index in [-0.39, 0.29) is 6.03 Å². The third-order valence-electron chi connectivity index (χ3n) is 6.43. The van der Waals surface area contributed by atoms with Gasteiger partial charge in [-0.1, -0.05) is 12.1 Å². The second-order valence-electron chi connectivity index (χ2n) is 8.17. The summed E-state index contributed by atoms with van der Waals surface area (Å²) in [5.74, 6) is 0.820. The molecule has 0 spiro atoms. The maximum absolute atomic E-state index is 11.4. The molecule has 5 nitrogen and oxygen atoms in total. The first-order chi connectivity index (χ1) is 13.7. The highest BCUT2D eigenvalue weighted by atomic mass is 32.1. The van der Waals surface area contributed by atoms with Gasteiger partial charge in [-0.05, 0) is 67.5 Å². The van der Waals surface area contributed by atoms with Crippen molar-refractivity contribution in [2.45, 2.75) is 38.1 Å². The molecule has 2 aliphatic rings. The first-order valence-electron chi connectivity index (χ1n) is 10.6. The Morgan fingerprint density at radius 3 is 2.64 bits per heavy atom. The highest BCUT2D eigenvalue weighted by Gasteiger charge is 2.24. The van der Waals surface area contributed by atoms with Gasteiger partial charge in [0.25, 0.3) is 0 Å². The quantitative estimate of drug-likeness (QED) is 0.800. The molecule has 0 radical (unpaired) electrons. The van der Waals surface area contributed by atoms with E-state index in [0.29, 0.717) is 6.04 Å². The van der Waals surface area contributed by atoms with Gasteiger partial charge in [0.2, 0.25) is 0 Å². The molecule has 2 aromatic rings. The van der Waals surface area contributed by atoms with Gasteiger partial charge in [0, 0.05) is 39.3 Å². The van der Waals surface area contributed by atoms with E-state index in [1.165, 1.54) is 41.6 Å². The average molecular weight is 401 g/mol. The predicted octanol–water partition coefficient (Wildman–Crippen LogP) is 3.90. The van der Waals surface area contributed by atoms with E-state index in [9.17, 15) is 4.79 Å². The van der Waals surface area contributed by atoms with Crippen molar-refractivity contribution in [3.63, 3.8) is 0 Å². The topological polar surface area (TPSA) is 47.6 Å². The lowest BCUT2D eigenvalue weighted by molar-refractivity contribution is 0.206. The third-order valence-corrected chi connectivity index (χ3v) is 7.39. The van der Waals surface area contributed by atoms with Crippen LogP contribution in [0.4, 0.5) is 10.5 Å². The van der Waals surface area contributed by atoms with Gasteiger partial charge in [0.05, 0.1) is 10.4 Å². The number of urea groups is 1. The molecule has 0 atom stereocenters. The Labute approximate surface area is 172 Å². The van der Waals surface area contributed by atoms with Crippen molar-refractivity contribution in [3.8, 4) is 0 Å². The number of anilines is 1. The Morgan fingerprint density at radius 1 is 1.11 bits per heavy atom. The van der Waals surface area contributed by atoms with E-state index < -0.39 is 0 Å². The van der Waals surface area contributed by atoms with Gasteiger partial charge in [-0.15, -0.1) is 11.3 Å². The van der Waals surface area contributed by atoms with Crippen LogP contribution in [0.15, 0.2) is 29.6 Å². The highest BCUT2D eigenvalue weighted by molar-refractivity contribution is 7.17.